The van der Waals surface area contributed by atoms with Gasteiger partial charge in [-0.1, -0.05) is 22.5 Å². The summed E-state index contributed by atoms with van der Waals surface area (Å²) in [5.74, 6) is 2.50. The number of ether oxygens (including phenoxy) is 4. The molecule has 2 rings (SSSR count). The Morgan fingerprint density at radius 1 is 0.840 bits per heavy atom. The summed E-state index contributed by atoms with van der Waals surface area (Å²) in [4.78, 5) is 0. The van der Waals surface area contributed by atoms with Crippen LogP contribution in [0.2, 0.25) is 0 Å². The van der Waals surface area contributed by atoms with Crippen molar-refractivity contribution in [2.45, 2.75) is 13.8 Å². The predicted octanol–water partition coefficient (Wildman–Crippen LogP) is 5.16. The molecule has 2 aromatic rings. The van der Waals surface area contributed by atoms with Gasteiger partial charge in [0, 0.05) is 15.6 Å². The monoisotopic (exact) mass is 406 g/mol. The van der Waals surface area contributed by atoms with E-state index in [1.165, 1.54) is 0 Å². The number of halogens is 1. The van der Waals surface area contributed by atoms with Gasteiger partial charge in [0.05, 0.1) is 28.4 Å². The average molecular weight is 407 g/mol. The first kappa shape index (κ1) is 19.2. The van der Waals surface area contributed by atoms with Gasteiger partial charge in [-0.15, -0.1) is 0 Å². The van der Waals surface area contributed by atoms with E-state index in [-0.39, 0.29) is 0 Å². The molecule has 0 aliphatic heterocycles. The van der Waals surface area contributed by atoms with Gasteiger partial charge in [0.15, 0.2) is 11.5 Å². The third kappa shape index (κ3) is 3.33. The van der Waals surface area contributed by atoms with E-state index < -0.39 is 0 Å². The zero-order chi connectivity index (χ0) is 18.7. The van der Waals surface area contributed by atoms with Crippen molar-refractivity contribution in [1.29, 1.82) is 0 Å². The predicted molar refractivity (Wildman–Crippen MR) is 104 cm³/mol. The Labute approximate surface area is 157 Å². The molecule has 5 heteroatoms. The minimum absolute atomic E-state index is 0.540. The van der Waals surface area contributed by atoms with Crippen molar-refractivity contribution in [2.24, 2.45) is 0 Å². The molecule has 0 heterocycles. The minimum Gasteiger partial charge on any atom is -0.496 e. The van der Waals surface area contributed by atoms with Crippen molar-refractivity contribution >= 4 is 21.5 Å². The van der Waals surface area contributed by atoms with Crippen LogP contribution in [0, 0.1) is 13.8 Å². The summed E-state index contributed by atoms with van der Waals surface area (Å²) >= 11 is 3.58. The molecule has 0 saturated carbocycles. The van der Waals surface area contributed by atoms with Gasteiger partial charge in [-0.3, -0.25) is 0 Å². The van der Waals surface area contributed by atoms with E-state index in [2.05, 4.69) is 22.5 Å². The zero-order valence-electron chi connectivity index (χ0n) is 15.5. The van der Waals surface area contributed by atoms with Crippen LogP contribution in [0.5, 0.6) is 23.0 Å². The van der Waals surface area contributed by atoms with Gasteiger partial charge in [-0.2, -0.15) is 0 Å². The van der Waals surface area contributed by atoms with Gasteiger partial charge in [0.2, 0.25) is 5.75 Å². The van der Waals surface area contributed by atoms with Crippen LogP contribution in [0.1, 0.15) is 22.3 Å². The first-order chi connectivity index (χ1) is 11.9. The molecule has 0 amide bonds. The summed E-state index contributed by atoms with van der Waals surface area (Å²) in [6, 6.07) is 5.80. The molecule has 0 fully saturated rings. The second-order valence-electron chi connectivity index (χ2n) is 5.57. The van der Waals surface area contributed by atoms with Crippen molar-refractivity contribution in [3.63, 3.8) is 0 Å². The van der Waals surface area contributed by atoms with Crippen LogP contribution in [-0.2, 0) is 0 Å². The van der Waals surface area contributed by atoms with Crippen LogP contribution in [-0.4, -0.2) is 28.4 Å². The summed E-state index contributed by atoms with van der Waals surface area (Å²) in [5, 5.41) is 0. The fourth-order valence-corrected chi connectivity index (χ4v) is 3.32. The third-order valence-corrected chi connectivity index (χ3v) is 5.07. The van der Waals surface area contributed by atoms with Crippen LogP contribution >= 0.6 is 15.9 Å². The lowest BCUT2D eigenvalue weighted by Crippen LogP contribution is -2.03. The highest BCUT2D eigenvalue weighted by atomic mass is 79.9. The number of aryl methyl sites for hydroxylation is 1. The van der Waals surface area contributed by atoms with Crippen LogP contribution < -0.4 is 18.9 Å². The third-order valence-electron chi connectivity index (χ3n) is 4.21. The molecule has 0 unspecified atom stereocenters. The Bertz CT molecular complexity index is 812. The second-order valence-corrected chi connectivity index (χ2v) is 6.42. The number of rotatable bonds is 6. The zero-order valence-corrected chi connectivity index (χ0v) is 17.0. The summed E-state index contributed by atoms with van der Waals surface area (Å²) in [6.07, 6.45) is 0. The van der Waals surface area contributed by atoms with Crippen molar-refractivity contribution in [3.8, 4) is 23.0 Å². The molecule has 0 spiro atoms. The molecule has 25 heavy (non-hydrogen) atoms. The Kier molecular flexibility index (Phi) is 6.01. The maximum absolute atomic E-state index is 5.66. The van der Waals surface area contributed by atoms with E-state index in [4.69, 9.17) is 18.9 Å². The highest BCUT2D eigenvalue weighted by Crippen LogP contribution is 2.47. The molecule has 0 aromatic heterocycles. The lowest BCUT2D eigenvalue weighted by atomic mass is 9.91. The smallest absolute Gasteiger partial charge is 0.203 e. The molecule has 0 aliphatic rings. The van der Waals surface area contributed by atoms with Gasteiger partial charge in [-0.25, -0.2) is 0 Å². The van der Waals surface area contributed by atoms with Gasteiger partial charge < -0.3 is 18.9 Å². The van der Waals surface area contributed by atoms with Gasteiger partial charge in [0.1, 0.15) is 5.75 Å². The Balaban J connectivity index is 2.79. The van der Waals surface area contributed by atoms with Gasteiger partial charge in [0.25, 0.3) is 0 Å². The van der Waals surface area contributed by atoms with E-state index >= 15 is 0 Å². The summed E-state index contributed by atoms with van der Waals surface area (Å²) < 4.78 is 23.1. The molecule has 134 valence electrons. The van der Waals surface area contributed by atoms with E-state index in [1.54, 1.807) is 28.4 Å². The molecule has 0 bridgehead atoms. The maximum Gasteiger partial charge on any atom is 0.203 e. The summed E-state index contributed by atoms with van der Waals surface area (Å²) in [5.41, 5.74) is 4.60. The summed E-state index contributed by atoms with van der Waals surface area (Å²) in [6.45, 7) is 8.34. The Morgan fingerprint density at radius 2 is 1.44 bits per heavy atom. The molecule has 0 atom stereocenters. The molecule has 0 N–H and O–H groups in total. The largest absolute Gasteiger partial charge is 0.496 e. The first-order valence-electron chi connectivity index (χ1n) is 7.73. The Morgan fingerprint density at radius 3 is 1.96 bits per heavy atom. The molecule has 2 aromatic carbocycles. The van der Waals surface area contributed by atoms with E-state index in [9.17, 15) is 0 Å². The maximum atomic E-state index is 5.66. The molecular weight excluding hydrogens is 384 g/mol. The highest BCUT2D eigenvalue weighted by molar-refractivity contribution is 9.10. The summed E-state index contributed by atoms with van der Waals surface area (Å²) in [7, 11) is 6.45. The fourth-order valence-electron chi connectivity index (χ4n) is 2.99. The molecular formula is C20H23BrO4. The Hall–Kier alpha value is -2.14. The van der Waals surface area contributed by atoms with Crippen molar-refractivity contribution in [2.75, 3.05) is 28.4 Å². The molecule has 0 saturated heterocycles. The van der Waals surface area contributed by atoms with Crippen LogP contribution in [0.25, 0.3) is 5.57 Å². The number of hydrogen-bond acceptors (Lipinski definition) is 4. The number of benzene rings is 2. The highest BCUT2D eigenvalue weighted by Gasteiger charge is 2.24. The van der Waals surface area contributed by atoms with E-state index in [0.717, 1.165) is 38.0 Å². The van der Waals surface area contributed by atoms with E-state index in [1.807, 2.05) is 32.0 Å². The van der Waals surface area contributed by atoms with Crippen LogP contribution in [0.4, 0.5) is 0 Å². The van der Waals surface area contributed by atoms with Crippen molar-refractivity contribution in [3.05, 3.63) is 51.5 Å². The lowest BCUT2D eigenvalue weighted by Gasteiger charge is -2.22. The quantitative estimate of drug-likeness (QED) is 0.663. The first-order valence-corrected chi connectivity index (χ1v) is 8.52. The minimum atomic E-state index is 0.540. The van der Waals surface area contributed by atoms with Crippen LogP contribution in [0.15, 0.2) is 29.3 Å². The lowest BCUT2D eigenvalue weighted by molar-refractivity contribution is 0.323. The number of hydrogen-bond donors (Lipinski definition) is 0. The molecule has 0 radical (unpaired) electrons. The second kappa shape index (κ2) is 7.83. The normalized spacial score (nSPS) is 10.4. The van der Waals surface area contributed by atoms with Gasteiger partial charge >= 0.3 is 0 Å². The van der Waals surface area contributed by atoms with Gasteiger partial charge in [-0.05, 0) is 48.7 Å². The van der Waals surface area contributed by atoms with E-state index in [0.29, 0.717) is 17.2 Å². The average Bonchev–Trinajstić information content (AvgIpc) is 2.61. The van der Waals surface area contributed by atoms with Crippen molar-refractivity contribution in [1.82, 2.24) is 0 Å². The molecule has 4 nitrogen and oxygen atoms in total. The topological polar surface area (TPSA) is 36.9 Å². The fraction of sp³-hybridized carbons (Fsp3) is 0.300. The van der Waals surface area contributed by atoms with Crippen LogP contribution in [0.3, 0.4) is 0 Å². The number of methoxy groups -OCH3 is 4. The molecule has 0 aliphatic carbocycles. The standard InChI is InChI=1S/C20H23BrO4/c1-11-10-16(23-5)19(24-6)20(25-7)17(11)13(3)18-12(2)14(21)8-9-15(18)22-4/h8-10H,3H2,1-2,4-7H3. The van der Waals surface area contributed by atoms with Crippen molar-refractivity contribution < 1.29 is 18.9 Å². The SMILES string of the molecule is C=C(c1c(OC)ccc(Br)c1C)c1c(C)cc(OC)c(OC)c1OC.